The number of carbonyl (C=O) groups is 1. The summed E-state index contributed by atoms with van der Waals surface area (Å²) in [6.07, 6.45) is 3.61. The van der Waals surface area contributed by atoms with Crippen LogP contribution >= 0.6 is 7.14 Å². The van der Waals surface area contributed by atoms with E-state index < -0.39 is 21.7 Å². The fourth-order valence-corrected chi connectivity index (χ4v) is 6.67. The van der Waals surface area contributed by atoms with Crippen molar-refractivity contribution in [2.24, 2.45) is 5.92 Å². The van der Waals surface area contributed by atoms with E-state index in [2.05, 4.69) is 61.1 Å². The Morgan fingerprint density at radius 2 is 1.84 bits per heavy atom. The molecule has 0 bridgehead atoms. The van der Waals surface area contributed by atoms with Gasteiger partial charge in [0.25, 0.3) is 5.91 Å². The molecule has 206 valence electrons. The maximum absolute atomic E-state index is 12.8. The van der Waals surface area contributed by atoms with Crippen molar-refractivity contribution in [3.63, 3.8) is 0 Å². The first-order valence-electron chi connectivity index (χ1n) is 13.1. The van der Waals surface area contributed by atoms with Gasteiger partial charge in [-0.25, -0.2) is 15.0 Å². The number of fused-ring (bicyclic) bond motifs is 1. The van der Waals surface area contributed by atoms with E-state index >= 15 is 0 Å². The van der Waals surface area contributed by atoms with Crippen molar-refractivity contribution in [3.8, 4) is 0 Å². The molecule has 4 rings (SSSR count). The molecule has 1 aromatic carbocycles. The molecule has 9 nitrogen and oxygen atoms in total. The number of ether oxygens (including phenoxy) is 1. The third-order valence-electron chi connectivity index (χ3n) is 7.79. The van der Waals surface area contributed by atoms with Crippen LogP contribution in [0.2, 0.25) is 18.1 Å². The zero-order valence-corrected chi connectivity index (χ0v) is 25.5. The van der Waals surface area contributed by atoms with E-state index in [9.17, 15) is 9.36 Å². The molecule has 0 saturated carbocycles. The van der Waals surface area contributed by atoms with Crippen molar-refractivity contribution < 1.29 is 18.5 Å². The molecule has 1 fully saturated rings. The van der Waals surface area contributed by atoms with Crippen LogP contribution in [-0.2, 0) is 13.7 Å². The second-order valence-electron chi connectivity index (χ2n) is 12.2. The third kappa shape index (κ3) is 6.09. The van der Waals surface area contributed by atoms with Gasteiger partial charge >= 0.3 is 0 Å². The van der Waals surface area contributed by atoms with Crippen molar-refractivity contribution in [2.45, 2.75) is 70.7 Å². The molecule has 1 saturated heterocycles. The summed E-state index contributed by atoms with van der Waals surface area (Å²) in [5, 5.41) is 2.89. The lowest BCUT2D eigenvalue weighted by Crippen LogP contribution is -2.46. The number of carbonyl (C=O) groups excluding carboxylic acids is 1. The Morgan fingerprint density at radius 1 is 1.16 bits per heavy atom. The topological polar surface area (TPSA) is 108 Å². The first-order chi connectivity index (χ1) is 17.7. The molecule has 0 spiro atoms. The van der Waals surface area contributed by atoms with E-state index in [0.29, 0.717) is 35.1 Å². The normalized spacial score (nSPS) is 22.6. The van der Waals surface area contributed by atoms with Crippen molar-refractivity contribution in [1.82, 2.24) is 19.5 Å². The van der Waals surface area contributed by atoms with E-state index in [1.54, 1.807) is 18.5 Å². The van der Waals surface area contributed by atoms with Gasteiger partial charge in [0.2, 0.25) is 0 Å². The van der Waals surface area contributed by atoms with Crippen molar-refractivity contribution >= 4 is 38.3 Å². The van der Waals surface area contributed by atoms with Gasteiger partial charge in [0.1, 0.15) is 6.33 Å². The van der Waals surface area contributed by atoms with Crippen LogP contribution < -0.4 is 5.32 Å². The molecule has 4 atom stereocenters. The van der Waals surface area contributed by atoms with Crippen LogP contribution in [0.15, 0.2) is 43.0 Å². The van der Waals surface area contributed by atoms with Gasteiger partial charge < -0.3 is 19.0 Å². The molecule has 1 amide bonds. The predicted molar refractivity (Wildman–Crippen MR) is 154 cm³/mol. The molecule has 38 heavy (non-hydrogen) atoms. The number of aromatic nitrogens is 4. The van der Waals surface area contributed by atoms with Gasteiger partial charge in [-0.3, -0.25) is 9.36 Å². The summed E-state index contributed by atoms with van der Waals surface area (Å²) in [6, 6.07) is 8.97. The third-order valence-corrected chi connectivity index (χ3v) is 13.6. The molecular formula is C27H40N5O4PSi. The molecule has 1 aliphatic heterocycles. The molecule has 0 unspecified atom stereocenters. The maximum Gasteiger partial charge on any atom is 0.256 e. The summed E-state index contributed by atoms with van der Waals surface area (Å²) in [5.74, 6) is 0.149. The van der Waals surface area contributed by atoms with Crippen LogP contribution in [0.4, 0.5) is 5.82 Å². The highest BCUT2D eigenvalue weighted by Gasteiger charge is 2.49. The van der Waals surface area contributed by atoms with E-state index in [1.165, 1.54) is 6.33 Å². The lowest BCUT2D eigenvalue weighted by atomic mass is 9.99. The van der Waals surface area contributed by atoms with Gasteiger partial charge in [-0.05, 0) is 50.0 Å². The van der Waals surface area contributed by atoms with Gasteiger partial charge in [0, 0.05) is 17.6 Å². The SMILES string of the molecule is C[C@H]1[C@@H](O[Si](C)(C)C(C)(C)C)[C@H](n2cnc3c(NC(=O)c4ccccc4)ncnc32)O[C@@H]1CCP(C)(C)=O. The quantitative estimate of drug-likeness (QED) is 0.267. The summed E-state index contributed by atoms with van der Waals surface area (Å²) >= 11 is 0. The Hall–Kier alpha value is -2.39. The standard InChI is InChI=1S/C27H40N5O4PSi/c1-18-20(14-15-37(5,6)34)35-26(22(18)36-38(7,8)27(2,3)4)32-17-30-21-23(28-16-29-24(21)32)31-25(33)19-12-10-9-11-13-19/h9-13,16-18,20,22,26H,14-15H2,1-8H3,(H,28,29,31,33)/t18-,20-,22-,26-/m1/s1. The minimum Gasteiger partial charge on any atom is -0.409 e. The molecular weight excluding hydrogens is 517 g/mol. The smallest absolute Gasteiger partial charge is 0.256 e. The van der Waals surface area contributed by atoms with Gasteiger partial charge in [0.15, 0.2) is 31.5 Å². The largest absolute Gasteiger partial charge is 0.409 e. The number of imidazole rings is 1. The Balaban J connectivity index is 1.68. The zero-order chi connectivity index (χ0) is 27.9. The van der Waals surface area contributed by atoms with Gasteiger partial charge in [-0.15, -0.1) is 0 Å². The lowest BCUT2D eigenvalue weighted by molar-refractivity contribution is -0.0319. The van der Waals surface area contributed by atoms with Gasteiger partial charge in [0.05, 0.1) is 25.7 Å². The fraction of sp³-hybridized carbons (Fsp3) is 0.556. The van der Waals surface area contributed by atoms with Crippen LogP contribution in [0.5, 0.6) is 0 Å². The average Bonchev–Trinajstić information content (AvgIpc) is 3.39. The van der Waals surface area contributed by atoms with Crippen molar-refractivity contribution in [1.29, 1.82) is 0 Å². The summed E-state index contributed by atoms with van der Waals surface area (Å²) in [6.45, 7) is 16.9. The minimum absolute atomic E-state index is 0.0198. The Labute approximate surface area is 226 Å². The molecule has 0 aliphatic carbocycles. The minimum atomic E-state index is -2.19. The molecule has 0 radical (unpaired) electrons. The van der Waals surface area contributed by atoms with E-state index in [1.807, 2.05) is 36.1 Å². The summed E-state index contributed by atoms with van der Waals surface area (Å²) in [5.41, 5.74) is 1.57. The van der Waals surface area contributed by atoms with Gasteiger partial charge in [-0.2, -0.15) is 0 Å². The Bertz CT molecular complexity index is 1330. The van der Waals surface area contributed by atoms with Crippen LogP contribution in [0.3, 0.4) is 0 Å². The highest BCUT2D eigenvalue weighted by Crippen LogP contribution is 2.46. The first-order valence-corrected chi connectivity index (χ1v) is 18.8. The van der Waals surface area contributed by atoms with Gasteiger partial charge in [-0.1, -0.05) is 45.9 Å². The predicted octanol–water partition coefficient (Wildman–Crippen LogP) is 6.02. The number of anilines is 1. The molecule has 2 aromatic heterocycles. The van der Waals surface area contributed by atoms with Crippen molar-refractivity contribution in [2.75, 3.05) is 24.8 Å². The average molecular weight is 558 g/mol. The number of amides is 1. The lowest BCUT2D eigenvalue weighted by Gasteiger charge is -2.40. The van der Waals surface area contributed by atoms with Crippen molar-refractivity contribution in [3.05, 3.63) is 48.5 Å². The van der Waals surface area contributed by atoms with E-state index in [4.69, 9.17) is 9.16 Å². The fourth-order valence-electron chi connectivity index (χ4n) is 4.43. The van der Waals surface area contributed by atoms with Crippen LogP contribution in [0, 0.1) is 5.92 Å². The van der Waals surface area contributed by atoms with Crippen LogP contribution in [-0.4, -0.2) is 65.4 Å². The number of rotatable bonds is 8. The van der Waals surface area contributed by atoms with E-state index in [-0.39, 0.29) is 29.1 Å². The molecule has 11 heteroatoms. The number of benzene rings is 1. The molecule has 3 aromatic rings. The molecule has 3 heterocycles. The monoisotopic (exact) mass is 557 g/mol. The summed E-state index contributed by atoms with van der Waals surface area (Å²) in [7, 11) is -4.34. The zero-order valence-electron chi connectivity index (χ0n) is 23.6. The number of hydrogen-bond donors (Lipinski definition) is 1. The summed E-state index contributed by atoms with van der Waals surface area (Å²) < 4.78 is 28.0. The van der Waals surface area contributed by atoms with Crippen LogP contribution in [0.25, 0.3) is 11.2 Å². The second-order valence-corrected chi connectivity index (χ2v) is 20.6. The number of hydrogen-bond acceptors (Lipinski definition) is 7. The first kappa shape index (κ1) is 28.6. The highest BCUT2D eigenvalue weighted by atomic mass is 31.2. The Kier molecular flexibility index (Phi) is 8.01. The van der Waals surface area contributed by atoms with E-state index in [0.717, 1.165) is 0 Å². The second kappa shape index (κ2) is 10.6. The summed E-state index contributed by atoms with van der Waals surface area (Å²) in [4.78, 5) is 26.2. The maximum atomic E-state index is 12.8. The molecule has 1 N–H and O–H groups in total. The highest BCUT2D eigenvalue weighted by molar-refractivity contribution is 7.62. The number of nitrogens with zero attached hydrogens (tertiary/aromatic N) is 4. The molecule has 1 aliphatic rings. The number of nitrogens with one attached hydrogen (secondary N) is 1. The van der Waals surface area contributed by atoms with Crippen LogP contribution in [0.1, 0.15) is 50.7 Å². The Morgan fingerprint density at radius 3 is 2.47 bits per heavy atom.